The molecule has 0 spiro atoms. The van der Waals surface area contributed by atoms with Crippen molar-refractivity contribution in [3.63, 3.8) is 0 Å². The number of thiazole rings is 1. The van der Waals surface area contributed by atoms with Gasteiger partial charge in [-0.2, -0.15) is 0 Å². The van der Waals surface area contributed by atoms with Gasteiger partial charge >= 0.3 is 0 Å². The van der Waals surface area contributed by atoms with Gasteiger partial charge in [0.15, 0.2) is 5.13 Å². The van der Waals surface area contributed by atoms with Crippen LogP contribution in [0.5, 0.6) is 0 Å². The van der Waals surface area contributed by atoms with Gasteiger partial charge in [0, 0.05) is 24.0 Å². The van der Waals surface area contributed by atoms with E-state index in [1.54, 1.807) is 6.26 Å². The average molecular weight is 305 g/mol. The SMILES string of the molecule is CCNC1CCCc2sc(N(C)Cc3ccoc3C)nc21. The topological polar surface area (TPSA) is 41.3 Å². The number of hydrogen-bond donors (Lipinski definition) is 1. The third kappa shape index (κ3) is 2.99. The van der Waals surface area contributed by atoms with Crippen molar-refractivity contribution in [3.05, 3.63) is 34.2 Å². The van der Waals surface area contributed by atoms with Crippen LogP contribution in [0.3, 0.4) is 0 Å². The van der Waals surface area contributed by atoms with Gasteiger partial charge in [-0.05, 0) is 38.8 Å². The second-order valence-electron chi connectivity index (χ2n) is 5.67. The summed E-state index contributed by atoms with van der Waals surface area (Å²) in [4.78, 5) is 8.59. The smallest absolute Gasteiger partial charge is 0.185 e. The molecule has 3 rings (SSSR count). The number of furan rings is 1. The zero-order valence-electron chi connectivity index (χ0n) is 13.0. The van der Waals surface area contributed by atoms with Crippen molar-refractivity contribution in [2.45, 2.75) is 45.7 Å². The molecule has 114 valence electrons. The van der Waals surface area contributed by atoms with Gasteiger partial charge in [-0.1, -0.05) is 6.92 Å². The Morgan fingerprint density at radius 2 is 2.38 bits per heavy atom. The molecule has 1 unspecified atom stereocenters. The first-order valence-corrected chi connectivity index (χ1v) is 8.47. The molecule has 1 atom stereocenters. The normalized spacial score (nSPS) is 17.8. The number of fused-ring (bicyclic) bond motifs is 1. The summed E-state index contributed by atoms with van der Waals surface area (Å²) in [5.41, 5.74) is 2.51. The van der Waals surface area contributed by atoms with E-state index >= 15 is 0 Å². The van der Waals surface area contributed by atoms with E-state index in [4.69, 9.17) is 9.40 Å². The van der Waals surface area contributed by atoms with Crippen LogP contribution in [0.25, 0.3) is 0 Å². The Balaban J connectivity index is 1.78. The molecule has 0 fully saturated rings. The zero-order chi connectivity index (χ0) is 14.8. The largest absolute Gasteiger partial charge is 0.469 e. The molecule has 0 saturated heterocycles. The third-order valence-electron chi connectivity index (χ3n) is 4.09. The van der Waals surface area contributed by atoms with E-state index in [1.165, 1.54) is 35.4 Å². The highest BCUT2D eigenvalue weighted by molar-refractivity contribution is 7.15. The van der Waals surface area contributed by atoms with Crippen molar-refractivity contribution in [1.29, 1.82) is 0 Å². The van der Waals surface area contributed by atoms with E-state index in [-0.39, 0.29) is 0 Å². The Morgan fingerprint density at radius 3 is 3.10 bits per heavy atom. The fraction of sp³-hybridized carbons (Fsp3) is 0.562. The van der Waals surface area contributed by atoms with Crippen LogP contribution in [0.1, 0.15) is 47.7 Å². The summed E-state index contributed by atoms with van der Waals surface area (Å²) in [5.74, 6) is 0.994. The predicted octanol–water partition coefficient (Wildman–Crippen LogP) is 3.67. The van der Waals surface area contributed by atoms with Gasteiger partial charge in [0.1, 0.15) is 5.76 Å². The van der Waals surface area contributed by atoms with Crippen molar-refractivity contribution in [2.75, 3.05) is 18.5 Å². The molecule has 1 aliphatic carbocycles. The van der Waals surface area contributed by atoms with E-state index in [0.717, 1.165) is 24.0 Å². The van der Waals surface area contributed by atoms with Crippen LogP contribution >= 0.6 is 11.3 Å². The Kier molecular flexibility index (Phi) is 4.31. The maximum atomic E-state index is 5.38. The lowest BCUT2D eigenvalue weighted by Crippen LogP contribution is -2.24. The highest BCUT2D eigenvalue weighted by Crippen LogP contribution is 2.36. The molecular formula is C16H23N3OS. The second-order valence-corrected chi connectivity index (χ2v) is 6.73. The fourth-order valence-corrected chi connectivity index (χ4v) is 4.04. The number of aromatic nitrogens is 1. The van der Waals surface area contributed by atoms with Crippen molar-refractivity contribution in [3.8, 4) is 0 Å². The van der Waals surface area contributed by atoms with Crippen molar-refractivity contribution >= 4 is 16.5 Å². The Hall–Kier alpha value is -1.33. The van der Waals surface area contributed by atoms with E-state index < -0.39 is 0 Å². The maximum absolute atomic E-state index is 5.38. The van der Waals surface area contributed by atoms with Crippen molar-refractivity contribution < 1.29 is 4.42 Å². The third-order valence-corrected chi connectivity index (χ3v) is 5.34. The zero-order valence-corrected chi connectivity index (χ0v) is 13.8. The number of aryl methyl sites for hydroxylation is 2. The summed E-state index contributed by atoms with van der Waals surface area (Å²) < 4.78 is 5.38. The first-order chi connectivity index (χ1) is 10.2. The average Bonchev–Trinajstić information content (AvgIpc) is 3.07. The highest BCUT2D eigenvalue weighted by Gasteiger charge is 2.25. The minimum atomic E-state index is 0.438. The van der Waals surface area contributed by atoms with E-state index in [1.807, 2.05) is 24.3 Å². The molecule has 5 heteroatoms. The molecule has 2 aromatic rings. The molecule has 21 heavy (non-hydrogen) atoms. The van der Waals surface area contributed by atoms with E-state index in [9.17, 15) is 0 Å². The molecule has 0 bridgehead atoms. The summed E-state index contributed by atoms with van der Waals surface area (Å²) in [6.07, 6.45) is 5.39. The van der Waals surface area contributed by atoms with Gasteiger partial charge in [-0.3, -0.25) is 0 Å². The number of anilines is 1. The van der Waals surface area contributed by atoms with Gasteiger partial charge in [-0.25, -0.2) is 4.98 Å². The lowest BCUT2D eigenvalue weighted by atomic mass is 9.98. The predicted molar refractivity (Wildman–Crippen MR) is 87.0 cm³/mol. The summed E-state index contributed by atoms with van der Waals surface area (Å²) in [5, 5.41) is 4.67. The van der Waals surface area contributed by atoms with Crippen LogP contribution in [-0.2, 0) is 13.0 Å². The van der Waals surface area contributed by atoms with Crippen molar-refractivity contribution in [1.82, 2.24) is 10.3 Å². The number of rotatable bonds is 5. The molecule has 0 aliphatic heterocycles. The Labute approximate surface area is 130 Å². The molecule has 2 heterocycles. The molecule has 0 saturated carbocycles. The molecular weight excluding hydrogens is 282 g/mol. The van der Waals surface area contributed by atoms with Crippen LogP contribution in [0.15, 0.2) is 16.7 Å². The van der Waals surface area contributed by atoms with Gasteiger partial charge in [0.05, 0.1) is 18.0 Å². The second kappa shape index (κ2) is 6.20. The molecule has 0 aromatic carbocycles. The molecule has 1 N–H and O–H groups in total. The molecule has 0 amide bonds. The van der Waals surface area contributed by atoms with E-state index in [0.29, 0.717) is 6.04 Å². The summed E-state index contributed by atoms with van der Waals surface area (Å²) in [7, 11) is 2.11. The van der Waals surface area contributed by atoms with Crippen LogP contribution in [-0.4, -0.2) is 18.6 Å². The summed E-state index contributed by atoms with van der Waals surface area (Å²) >= 11 is 1.84. The number of hydrogen-bond acceptors (Lipinski definition) is 5. The molecule has 4 nitrogen and oxygen atoms in total. The monoisotopic (exact) mass is 305 g/mol. The highest BCUT2D eigenvalue weighted by atomic mass is 32.1. The molecule has 2 aromatic heterocycles. The minimum Gasteiger partial charge on any atom is -0.469 e. The van der Waals surface area contributed by atoms with Gasteiger partial charge in [-0.15, -0.1) is 11.3 Å². The quantitative estimate of drug-likeness (QED) is 0.915. The van der Waals surface area contributed by atoms with Crippen LogP contribution < -0.4 is 10.2 Å². The number of nitrogens with one attached hydrogen (secondary N) is 1. The van der Waals surface area contributed by atoms with Crippen LogP contribution in [0.4, 0.5) is 5.13 Å². The Morgan fingerprint density at radius 1 is 1.52 bits per heavy atom. The molecule has 0 radical (unpaired) electrons. The first-order valence-electron chi connectivity index (χ1n) is 7.66. The van der Waals surface area contributed by atoms with Crippen molar-refractivity contribution in [2.24, 2.45) is 0 Å². The van der Waals surface area contributed by atoms with Gasteiger partial charge in [0.25, 0.3) is 0 Å². The maximum Gasteiger partial charge on any atom is 0.185 e. The van der Waals surface area contributed by atoms with Gasteiger partial charge in [0.2, 0.25) is 0 Å². The molecule has 1 aliphatic rings. The lowest BCUT2D eigenvalue weighted by molar-refractivity contribution is 0.465. The number of nitrogens with zero attached hydrogens (tertiary/aromatic N) is 2. The lowest BCUT2D eigenvalue weighted by Gasteiger charge is -2.21. The fourth-order valence-electron chi connectivity index (χ4n) is 2.91. The standard InChI is InChI=1S/C16H23N3OS/c1-4-17-13-6-5-7-14-15(13)18-16(21-14)19(3)10-12-8-9-20-11(12)2/h8-9,13,17H,4-7,10H2,1-3H3. The van der Waals surface area contributed by atoms with Crippen LogP contribution in [0, 0.1) is 6.92 Å². The first kappa shape index (κ1) is 14.6. The minimum absolute atomic E-state index is 0.438. The van der Waals surface area contributed by atoms with Crippen LogP contribution in [0.2, 0.25) is 0 Å². The summed E-state index contributed by atoms with van der Waals surface area (Å²) in [6, 6.07) is 2.48. The van der Waals surface area contributed by atoms with E-state index in [2.05, 4.69) is 24.2 Å². The Bertz CT molecular complexity index is 604. The van der Waals surface area contributed by atoms with Gasteiger partial charge < -0.3 is 14.6 Å². The summed E-state index contributed by atoms with van der Waals surface area (Å²) in [6.45, 7) is 6.02.